The zero-order valence-corrected chi connectivity index (χ0v) is 12.3. The molecule has 0 saturated heterocycles. The van der Waals surface area contributed by atoms with Crippen LogP contribution in [0.25, 0.3) is 0 Å². The van der Waals surface area contributed by atoms with Crippen molar-refractivity contribution in [2.24, 2.45) is 40.4 Å². The summed E-state index contributed by atoms with van der Waals surface area (Å²) in [5, 5.41) is 0. The lowest BCUT2D eigenvalue weighted by Crippen LogP contribution is -2.63. The van der Waals surface area contributed by atoms with E-state index in [9.17, 15) is 0 Å². The van der Waals surface area contributed by atoms with Crippen molar-refractivity contribution in [3.8, 4) is 0 Å². The van der Waals surface area contributed by atoms with Gasteiger partial charge >= 0.3 is 0 Å². The van der Waals surface area contributed by atoms with E-state index in [1.165, 1.54) is 12.8 Å². The van der Waals surface area contributed by atoms with Crippen molar-refractivity contribution in [2.75, 3.05) is 0 Å². The molecule has 3 rings (SSSR count). The zero-order valence-electron chi connectivity index (χ0n) is 12.3. The minimum atomic E-state index is 0.576. The van der Waals surface area contributed by atoms with Crippen LogP contribution in [-0.4, -0.2) is 0 Å². The lowest BCUT2D eigenvalue weighted by Gasteiger charge is -2.69. The number of fused-ring (bicyclic) bond motifs is 2. The Bertz CT molecular complexity index is 270. The normalized spacial score (nSPS) is 45.9. The van der Waals surface area contributed by atoms with Crippen LogP contribution in [-0.2, 0) is 0 Å². The molecule has 0 aromatic heterocycles. The Balaban J connectivity index is 2.34. The van der Waals surface area contributed by atoms with Crippen LogP contribution < -0.4 is 0 Å². The summed E-state index contributed by atoms with van der Waals surface area (Å²) in [6, 6.07) is 0. The van der Waals surface area contributed by atoms with Gasteiger partial charge in [0.1, 0.15) is 0 Å². The second-order valence-electron chi connectivity index (χ2n) is 7.91. The molecule has 3 aliphatic rings. The summed E-state index contributed by atoms with van der Waals surface area (Å²) >= 11 is 0. The van der Waals surface area contributed by atoms with Crippen LogP contribution in [0.4, 0.5) is 0 Å². The van der Waals surface area contributed by atoms with E-state index in [2.05, 4.69) is 48.5 Å². The highest BCUT2D eigenvalue weighted by Gasteiger charge is 2.63. The van der Waals surface area contributed by atoms with Crippen LogP contribution in [0, 0.1) is 40.4 Å². The Morgan fingerprint density at radius 1 is 0.938 bits per heavy atom. The lowest BCUT2D eigenvalue weighted by atomic mass is 9.35. The largest absolute Gasteiger partial charge is 0.0625 e. The van der Waals surface area contributed by atoms with Crippen molar-refractivity contribution < 1.29 is 0 Å². The molecule has 3 aliphatic carbocycles. The molecule has 0 spiro atoms. The summed E-state index contributed by atoms with van der Waals surface area (Å²) in [5.41, 5.74) is 1.19. The van der Waals surface area contributed by atoms with Gasteiger partial charge in [-0.3, -0.25) is 0 Å². The second kappa shape index (κ2) is 3.50. The smallest absolute Gasteiger partial charge is 0.0238 e. The molecule has 94 valence electrons. The fourth-order valence-corrected chi connectivity index (χ4v) is 5.11. The summed E-state index contributed by atoms with van der Waals surface area (Å²) in [4.78, 5) is 0. The van der Waals surface area contributed by atoms with E-state index in [4.69, 9.17) is 0 Å². The molecule has 0 N–H and O–H groups in total. The van der Waals surface area contributed by atoms with Gasteiger partial charge in [0.15, 0.2) is 0 Å². The van der Waals surface area contributed by atoms with Crippen molar-refractivity contribution >= 4 is 0 Å². The zero-order chi connectivity index (χ0) is 12.3. The third-order valence-corrected chi connectivity index (χ3v) is 6.61. The molecule has 0 heteroatoms. The quantitative estimate of drug-likeness (QED) is 0.617. The van der Waals surface area contributed by atoms with Gasteiger partial charge in [-0.1, -0.05) is 48.5 Å². The van der Waals surface area contributed by atoms with Crippen LogP contribution in [0.3, 0.4) is 0 Å². The summed E-state index contributed by atoms with van der Waals surface area (Å²) in [7, 11) is 0. The molecule has 0 aromatic rings. The molecule has 0 amide bonds. The highest BCUT2D eigenvalue weighted by Crippen LogP contribution is 2.70. The van der Waals surface area contributed by atoms with Gasteiger partial charge in [0, 0.05) is 0 Å². The monoisotopic (exact) mass is 222 g/mol. The minimum Gasteiger partial charge on any atom is -0.0625 e. The van der Waals surface area contributed by atoms with Gasteiger partial charge in [-0.2, -0.15) is 0 Å². The third-order valence-electron chi connectivity index (χ3n) is 6.61. The first-order valence-electron chi connectivity index (χ1n) is 7.22. The van der Waals surface area contributed by atoms with Crippen LogP contribution in [0.5, 0.6) is 0 Å². The van der Waals surface area contributed by atoms with E-state index in [0.29, 0.717) is 10.8 Å². The van der Waals surface area contributed by atoms with Crippen molar-refractivity contribution in [1.82, 2.24) is 0 Å². The molecular weight excluding hydrogens is 192 g/mol. The summed E-state index contributed by atoms with van der Waals surface area (Å²) < 4.78 is 0. The van der Waals surface area contributed by atoms with Crippen LogP contribution in [0.15, 0.2) is 0 Å². The first-order valence-corrected chi connectivity index (χ1v) is 7.22. The molecule has 3 saturated carbocycles. The minimum absolute atomic E-state index is 0.576. The Labute approximate surface area is 102 Å². The van der Waals surface area contributed by atoms with Gasteiger partial charge in [0.2, 0.25) is 0 Å². The predicted molar refractivity (Wildman–Crippen MR) is 71.3 cm³/mol. The maximum absolute atomic E-state index is 2.59. The molecule has 2 bridgehead atoms. The number of hydrogen-bond acceptors (Lipinski definition) is 0. The molecule has 0 nitrogen and oxygen atoms in total. The number of rotatable bonds is 2. The molecule has 0 aliphatic heterocycles. The van der Waals surface area contributed by atoms with Gasteiger partial charge in [-0.15, -0.1) is 0 Å². The predicted octanol–water partition coefficient (Wildman–Crippen LogP) is 4.99. The summed E-state index contributed by atoms with van der Waals surface area (Å²) in [6.07, 6.45) is 2.99. The van der Waals surface area contributed by atoms with Gasteiger partial charge < -0.3 is 0 Å². The average Bonchev–Trinajstić information content (AvgIpc) is 2.16. The Morgan fingerprint density at radius 2 is 1.50 bits per heavy atom. The first-order chi connectivity index (χ1) is 7.22. The SMILES string of the molecule is CC(C)C1CC2CC(C2(C)C)C1(C)C(C)C. The number of hydrogen-bond donors (Lipinski definition) is 0. The Morgan fingerprint density at radius 3 is 1.88 bits per heavy atom. The van der Waals surface area contributed by atoms with Crippen molar-refractivity contribution in [3.63, 3.8) is 0 Å². The van der Waals surface area contributed by atoms with E-state index in [1.54, 1.807) is 0 Å². The summed E-state index contributed by atoms with van der Waals surface area (Å²) in [5.74, 6) is 4.60. The van der Waals surface area contributed by atoms with Crippen LogP contribution in [0.2, 0.25) is 0 Å². The molecule has 16 heavy (non-hydrogen) atoms. The molecule has 0 aromatic carbocycles. The lowest BCUT2D eigenvalue weighted by molar-refractivity contribution is -0.210. The fourth-order valence-electron chi connectivity index (χ4n) is 5.11. The van der Waals surface area contributed by atoms with Crippen LogP contribution in [0.1, 0.15) is 61.3 Å². The molecule has 4 unspecified atom stereocenters. The average molecular weight is 222 g/mol. The second-order valence-corrected chi connectivity index (χ2v) is 7.91. The maximum Gasteiger partial charge on any atom is -0.0238 e. The van der Waals surface area contributed by atoms with Crippen LogP contribution >= 0.6 is 0 Å². The third kappa shape index (κ3) is 1.34. The van der Waals surface area contributed by atoms with E-state index >= 15 is 0 Å². The van der Waals surface area contributed by atoms with E-state index < -0.39 is 0 Å². The molecular formula is C16H30. The highest BCUT2D eigenvalue weighted by molar-refractivity contribution is 5.12. The van der Waals surface area contributed by atoms with Gasteiger partial charge in [0.25, 0.3) is 0 Å². The van der Waals surface area contributed by atoms with Gasteiger partial charge in [-0.25, -0.2) is 0 Å². The molecule has 3 fully saturated rings. The van der Waals surface area contributed by atoms with E-state index in [-0.39, 0.29) is 0 Å². The van der Waals surface area contributed by atoms with Crippen molar-refractivity contribution in [2.45, 2.75) is 61.3 Å². The standard InChI is InChI=1S/C16H30/c1-10(2)13-8-12-9-14(15(12,5)6)16(13,7)11(3)4/h10-14H,8-9H2,1-7H3. The maximum atomic E-state index is 2.59. The van der Waals surface area contributed by atoms with Crippen molar-refractivity contribution in [1.29, 1.82) is 0 Å². The van der Waals surface area contributed by atoms with Gasteiger partial charge in [0.05, 0.1) is 0 Å². The van der Waals surface area contributed by atoms with E-state index in [1.807, 2.05) is 0 Å². The van der Waals surface area contributed by atoms with Crippen molar-refractivity contribution in [3.05, 3.63) is 0 Å². The van der Waals surface area contributed by atoms with Gasteiger partial charge in [-0.05, 0) is 53.3 Å². The topological polar surface area (TPSA) is 0 Å². The molecule has 0 radical (unpaired) electrons. The fraction of sp³-hybridized carbons (Fsp3) is 1.00. The summed E-state index contributed by atoms with van der Waals surface area (Å²) in [6.45, 7) is 17.4. The van der Waals surface area contributed by atoms with E-state index in [0.717, 1.165) is 29.6 Å². The molecule has 0 heterocycles. The Hall–Kier alpha value is 0. The Kier molecular flexibility index (Phi) is 2.72. The molecule has 4 atom stereocenters. The highest BCUT2D eigenvalue weighted by atomic mass is 14.7. The first kappa shape index (κ1) is 12.5.